The molecule has 0 N–H and O–H groups in total. The molecule has 0 spiro atoms. The Labute approximate surface area is 132 Å². The van der Waals surface area contributed by atoms with E-state index >= 15 is 0 Å². The van der Waals surface area contributed by atoms with Gasteiger partial charge < -0.3 is 9.64 Å². The number of benzene rings is 1. The van der Waals surface area contributed by atoms with Gasteiger partial charge in [-0.05, 0) is 32.0 Å². The van der Waals surface area contributed by atoms with Crippen LogP contribution in [0.3, 0.4) is 0 Å². The number of thiophene rings is 1. The van der Waals surface area contributed by atoms with Crippen LogP contribution < -0.4 is 4.74 Å². The lowest BCUT2D eigenvalue weighted by Crippen LogP contribution is -2.19. The van der Waals surface area contributed by atoms with Gasteiger partial charge in [-0.15, -0.1) is 11.3 Å². The molecule has 0 bridgehead atoms. The molecule has 0 saturated carbocycles. The summed E-state index contributed by atoms with van der Waals surface area (Å²) < 4.78 is 6.97. The fourth-order valence-electron chi connectivity index (χ4n) is 2.88. The summed E-state index contributed by atoms with van der Waals surface area (Å²) in [5, 5.41) is 4.71. The van der Waals surface area contributed by atoms with E-state index in [1.807, 2.05) is 6.92 Å². The fraction of sp³-hybridized carbons (Fsp3) is 0.312. The monoisotopic (exact) mass is 316 g/mol. The number of hydrogen-bond acceptors (Lipinski definition) is 5. The molecule has 0 radical (unpaired) electrons. The second-order valence-corrected chi connectivity index (χ2v) is 7.16. The third kappa shape index (κ3) is 2.07. The highest BCUT2D eigenvalue weighted by molar-refractivity contribution is 8.17. The highest BCUT2D eigenvalue weighted by atomic mass is 32.2. The average molecular weight is 316 g/mol. The van der Waals surface area contributed by atoms with E-state index in [4.69, 9.17) is 4.74 Å². The topological polar surface area (TPSA) is 24.8 Å². The molecule has 0 amide bonds. The molecule has 0 unspecified atom stereocenters. The van der Waals surface area contributed by atoms with Gasteiger partial charge in [0.15, 0.2) is 5.17 Å². The van der Waals surface area contributed by atoms with Gasteiger partial charge >= 0.3 is 0 Å². The Morgan fingerprint density at radius 3 is 3.14 bits per heavy atom. The standard InChI is InChI=1S/C16H16N2OS2/c1-3-19-11-4-5-14-12(8-11)13(9-20-14)15-10(2)21-16-17-6-7-18(15)16/h4-5,8-9H,3,6-7H2,1-2H3. The van der Waals surface area contributed by atoms with Crippen LogP contribution in [0.4, 0.5) is 0 Å². The second kappa shape index (κ2) is 5.07. The number of nitrogens with zero attached hydrogens (tertiary/aromatic N) is 2. The number of amidine groups is 1. The van der Waals surface area contributed by atoms with Crippen LogP contribution in [0.2, 0.25) is 0 Å². The third-order valence-electron chi connectivity index (χ3n) is 3.76. The van der Waals surface area contributed by atoms with Crippen LogP contribution in [0.5, 0.6) is 5.75 Å². The Morgan fingerprint density at radius 2 is 2.29 bits per heavy atom. The Hall–Kier alpha value is -1.46. The minimum atomic E-state index is 0.700. The summed E-state index contributed by atoms with van der Waals surface area (Å²) in [5.41, 5.74) is 2.64. The lowest BCUT2D eigenvalue weighted by molar-refractivity contribution is 0.341. The number of ether oxygens (including phenoxy) is 1. The SMILES string of the molecule is CCOc1ccc2scc(C3=C(C)SC4=NCCN43)c2c1. The predicted octanol–water partition coefficient (Wildman–Crippen LogP) is 4.41. The van der Waals surface area contributed by atoms with Gasteiger partial charge in [-0.25, -0.2) is 0 Å². The fourth-order valence-corrected chi connectivity index (χ4v) is 4.85. The van der Waals surface area contributed by atoms with E-state index in [-0.39, 0.29) is 0 Å². The molecule has 3 nitrogen and oxygen atoms in total. The van der Waals surface area contributed by atoms with Gasteiger partial charge in [-0.3, -0.25) is 4.99 Å². The van der Waals surface area contributed by atoms with Crippen LogP contribution in [-0.2, 0) is 0 Å². The van der Waals surface area contributed by atoms with Gasteiger partial charge in [0, 0.05) is 32.5 Å². The van der Waals surface area contributed by atoms with Crippen molar-refractivity contribution >= 4 is 44.0 Å². The lowest BCUT2D eigenvalue weighted by atomic mass is 10.1. The van der Waals surface area contributed by atoms with E-state index in [1.54, 1.807) is 23.1 Å². The van der Waals surface area contributed by atoms with E-state index in [2.05, 4.69) is 40.4 Å². The van der Waals surface area contributed by atoms with Gasteiger partial charge in [0.2, 0.25) is 0 Å². The largest absolute Gasteiger partial charge is 0.494 e. The number of allylic oxidation sites excluding steroid dienone is 1. The highest BCUT2D eigenvalue weighted by Crippen LogP contribution is 2.45. The first-order valence-corrected chi connectivity index (χ1v) is 8.82. The zero-order valence-electron chi connectivity index (χ0n) is 12.0. The van der Waals surface area contributed by atoms with E-state index in [9.17, 15) is 0 Å². The molecule has 2 aliphatic heterocycles. The molecule has 1 aromatic heterocycles. The van der Waals surface area contributed by atoms with E-state index in [0.29, 0.717) is 6.61 Å². The van der Waals surface area contributed by atoms with Crippen LogP contribution in [0.1, 0.15) is 19.4 Å². The Bertz CT molecular complexity index is 776. The van der Waals surface area contributed by atoms with Gasteiger partial charge in [0.05, 0.1) is 18.8 Å². The van der Waals surface area contributed by atoms with Crippen molar-refractivity contribution < 1.29 is 4.74 Å². The van der Waals surface area contributed by atoms with Crippen molar-refractivity contribution in [2.75, 3.05) is 19.7 Å². The number of rotatable bonds is 3. The molecule has 0 fully saturated rings. The van der Waals surface area contributed by atoms with Crippen molar-refractivity contribution in [1.29, 1.82) is 0 Å². The first-order valence-electron chi connectivity index (χ1n) is 7.13. The van der Waals surface area contributed by atoms with E-state index in [1.165, 1.54) is 26.3 Å². The molecule has 0 aliphatic carbocycles. The third-order valence-corrected chi connectivity index (χ3v) is 5.76. The van der Waals surface area contributed by atoms with Crippen molar-refractivity contribution in [1.82, 2.24) is 4.90 Å². The van der Waals surface area contributed by atoms with Crippen LogP contribution in [0.25, 0.3) is 15.8 Å². The maximum Gasteiger partial charge on any atom is 0.168 e. The van der Waals surface area contributed by atoms with Crippen molar-refractivity contribution in [3.05, 3.63) is 34.0 Å². The summed E-state index contributed by atoms with van der Waals surface area (Å²) in [5.74, 6) is 0.948. The first-order chi connectivity index (χ1) is 10.3. The summed E-state index contributed by atoms with van der Waals surface area (Å²) in [6.07, 6.45) is 0. The smallest absolute Gasteiger partial charge is 0.168 e. The molecule has 21 heavy (non-hydrogen) atoms. The first kappa shape index (κ1) is 13.2. The Balaban J connectivity index is 1.85. The molecule has 108 valence electrons. The summed E-state index contributed by atoms with van der Waals surface area (Å²) in [7, 11) is 0. The summed E-state index contributed by atoms with van der Waals surface area (Å²) in [6, 6.07) is 6.38. The number of hydrogen-bond donors (Lipinski definition) is 0. The second-order valence-electron chi connectivity index (χ2n) is 5.06. The van der Waals surface area contributed by atoms with Crippen LogP contribution >= 0.6 is 23.1 Å². The average Bonchev–Trinajstić information content (AvgIpc) is 3.13. The van der Waals surface area contributed by atoms with Gasteiger partial charge in [-0.2, -0.15) is 0 Å². The van der Waals surface area contributed by atoms with Crippen molar-refractivity contribution in [3.8, 4) is 5.75 Å². The summed E-state index contributed by atoms with van der Waals surface area (Å²) in [6.45, 7) is 6.82. The van der Waals surface area contributed by atoms with E-state index in [0.717, 1.165) is 24.0 Å². The summed E-state index contributed by atoms with van der Waals surface area (Å²) >= 11 is 3.59. The molecule has 4 rings (SSSR count). The normalized spacial score (nSPS) is 17.6. The lowest BCUT2D eigenvalue weighted by Gasteiger charge is -2.16. The molecule has 2 aromatic rings. The summed E-state index contributed by atoms with van der Waals surface area (Å²) in [4.78, 5) is 8.28. The number of aliphatic imine (C=N–C) groups is 1. The number of thioether (sulfide) groups is 1. The maximum atomic E-state index is 5.66. The van der Waals surface area contributed by atoms with E-state index < -0.39 is 0 Å². The quantitative estimate of drug-likeness (QED) is 0.838. The molecule has 2 aliphatic rings. The van der Waals surface area contributed by atoms with Gasteiger partial charge in [-0.1, -0.05) is 11.8 Å². The minimum absolute atomic E-state index is 0.700. The van der Waals surface area contributed by atoms with Crippen molar-refractivity contribution in [2.45, 2.75) is 13.8 Å². The molecule has 1 aromatic carbocycles. The van der Waals surface area contributed by atoms with Crippen LogP contribution in [0.15, 0.2) is 33.5 Å². The molecular weight excluding hydrogens is 300 g/mol. The zero-order valence-corrected chi connectivity index (χ0v) is 13.7. The maximum absolute atomic E-state index is 5.66. The molecular formula is C16H16N2OS2. The Kier molecular flexibility index (Phi) is 3.19. The molecule has 0 saturated heterocycles. The molecule has 5 heteroatoms. The van der Waals surface area contributed by atoms with Gasteiger partial charge in [0.25, 0.3) is 0 Å². The predicted molar refractivity (Wildman–Crippen MR) is 92.2 cm³/mol. The minimum Gasteiger partial charge on any atom is -0.494 e. The van der Waals surface area contributed by atoms with Crippen molar-refractivity contribution in [3.63, 3.8) is 0 Å². The Morgan fingerprint density at radius 1 is 1.38 bits per heavy atom. The highest BCUT2D eigenvalue weighted by Gasteiger charge is 2.32. The molecule has 0 atom stereocenters. The number of fused-ring (bicyclic) bond motifs is 2. The molecule has 3 heterocycles. The van der Waals surface area contributed by atoms with Crippen LogP contribution in [-0.4, -0.2) is 29.8 Å². The van der Waals surface area contributed by atoms with Crippen molar-refractivity contribution in [2.24, 2.45) is 4.99 Å². The zero-order chi connectivity index (χ0) is 14.4. The van der Waals surface area contributed by atoms with Crippen LogP contribution in [0, 0.1) is 0 Å². The van der Waals surface area contributed by atoms with Gasteiger partial charge in [0.1, 0.15) is 5.75 Å².